The Morgan fingerprint density at radius 3 is 2.65 bits per heavy atom. The molecule has 0 fully saturated rings. The van der Waals surface area contributed by atoms with Crippen molar-refractivity contribution in [1.82, 2.24) is 16.0 Å². The van der Waals surface area contributed by atoms with Crippen LogP contribution in [0.4, 0.5) is 0 Å². The van der Waals surface area contributed by atoms with E-state index in [0.717, 1.165) is 11.3 Å². The van der Waals surface area contributed by atoms with Gasteiger partial charge in [-0.2, -0.15) is 0 Å². The molecule has 7 nitrogen and oxygen atoms in total. The van der Waals surface area contributed by atoms with Crippen molar-refractivity contribution < 1.29 is 18.8 Å². The second-order valence-electron chi connectivity index (χ2n) is 5.50. The van der Waals surface area contributed by atoms with Crippen molar-refractivity contribution in [2.45, 2.75) is 20.5 Å². The van der Waals surface area contributed by atoms with E-state index in [1.54, 1.807) is 41.8 Å². The lowest BCUT2D eigenvalue weighted by Gasteiger charge is -2.09. The number of nitrogens with one attached hydrogen (secondary N) is 2. The Kier molecular flexibility index (Phi) is 5.33. The van der Waals surface area contributed by atoms with Gasteiger partial charge in [0.2, 0.25) is 0 Å². The number of hydrogen-bond donors (Lipinski definition) is 2. The van der Waals surface area contributed by atoms with Gasteiger partial charge in [-0.1, -0.05) is 17.3 Å². The third kappa shape index (κ3) is 4.09. The summed E-state index contributed by atoms with van der Waals surface area (Å²) in [6.07, 6.45) is 0. The number of nitrogens with zero attached hydrogens (tertiary/aromatic N) is 1. The van der Waals surface area contributed by atoms with Crippen LogP contribution in [0.2, 0.25) is 0 Å². The van der Waals surface area contributed by atoms with Crippen molar-refractivity contribution in [3.8, 4) is 5.75 Å². The van der Waals surface area contributed by atoms with Crippen LogP contribution < -0.4 is 15.6 Å². The maximum absolute atomic E-state index is 12.2. The predicted molar refractivity (Wildman–Crippen MR) is 96.0 cm³/mol. The van der Waals surface area contributed by atoms with Gasteiger partial charge in [0, 0.05) is 5.56 Å². The predicted octanol–water partition coefficient (Wildman–Crippen LogP) is 3.01. The van der Waals surface area contributed by atoms with Crippen molar-refractivity contribution in [3.05, 3.63) is 69.2 Å². The van der Waals surface area contributed by atoms with E-state index in [2.05, 4.69) is 16.0 Å². The molecule has 2 amide bonds. The zero-order valence-corrected chi connectivity index (χ0v) is 15.1. The van der Waals surface area contributed by atoms with Crippen LogP contribution >= 0.6 is 11.3 Å². The average Bonchev–Trinajstić information content (AvgIpc) is 3.29. The molecule has 1 aromatic carbocycles. The molecule has 0 radical (unpaired) electrons. The summed E-state index contributed by atoms with van der Waals surface area (Å²) in [5, 5.41) is 5.67. The molecule has 2 aromatic heterocycles. The number of ether oxygens (including phenoxy) is 1. The minimum atomic E-state index is -0.433. The van der Waals surface area contributed by atoms with Crippen molar-refractivity contribution in [2.24, 2.45) is 0 Å². The van der Waals surface area contributed by atoms with Gasteiger partial charge in [0.1, 0.15) is 18.1 Å². The summed E-state index contributed by atoms with van der Waals surface area (Å²) < 4.78 is 10.8. The highest BCUT2D eigenvalue weighted by Crippen LogP contribution is 2.18. The highest BCUT2D eigenvalue weighted by Gasteiger charge is 2.12. The van der Waals surface area contributed by atoms with E-state index < -0.39 is 5.91 Å². The second-order valence-corrected chi connectivity index (χ2v) is 6.45. The van der Waals surface area contributed by atoms with Crippen LogP contribution in [0.1, 0.15) is 37.0 Å². The van der Waals surface area contributed by atoms with Gasteiger partial charge in [0.05, 0.1) is 16.1 Å². The van der Waals surface area contributed by atoms with Crippen molar-refractivity contribution in [1.29, 1.82) is 0 Å². The standard InChI is InChI=1S/C18H17N3O4S/c1-11-15(12(2)25-21-11)10-24-14-6-3-5-13(9-14)17(22)19-20-18(23)16-7-4-8-26-16/h3-9H,10H2,1-2H3,(H,19,22)(H,20,23). The summed E-state index contributed by atoms with van der Waals surface area (Å²) in [6, 6.07) is 10.1. The first-order valence-electron chi connectivity index (χ1n) is 7.83. The zero-order valence-electron chi connectivity index (χ0n) is 14.2. The monoisotopic (exact) mass is 371 g/mol. The Morgan fingerprint density at radius 1 is 1.15 bits per heavy atom. The molecule has 0 aliphatic carbocycles. The van der Waals surface area contributed by atoms with Crippen LogP contribution in [-0.2, 0) is 6.61 Å². The Bertz CT molecular complexity index is 899. The maximum atomic E-state index is 12.2. The number of hydrazine groups is 1. The maximum Gasteiger partial charge on any atom is 0.279 e. The molecule has 0 bridgehead atoms. The number of carbonyl (C=O) groups excluding carboxylic acids is 2. The molecule has 2 N–H and O–H groups in total. The molecule has 0 aliphatic heterocycles. The number of hydrogen-bond acceptors (Lipinski definition) is 6. The van der Waals surface area contributed by atoms with E-state index >= 15 is 0 Å². The van der Waals surface area contributed by atoms with Crippen LogP contribution in [0.25, 0.3) is 0 Å². The number of benzene rings is 1. The quantitative estimate of drug-likeness (QED) is 0.673. The molecule has 0 aliphatic rings. The molecular formula is C18H17N3O4S. The molecule has 8 heteroatoms. The number of thiophene rings is 1. The fourth-order valence-electron chi connectivity index (χ4n) is 2.25. The molecule has 26 heavy (non-hydrogen) atoms. The van der Waals surface area contributed by atoms with Gasteiger partial charge in [-0.3, -0.25) is 20.4 Å². The van der Waals surface area contributed by atoms with Crippen LogP contribution in [0.5, 0.6) is 5.75 Å². The highest BCUT2D eigenvalue weighted by atomic mass is 32.1. The minimum Gasteiger partial charge on any atom is -0.489 e. The Labute approximate surface area is 153 Å². The first-order valence-corrected chi connectivity index (χ1v) is 8.71. The lowest BCUT2D eigenvalue weighted by atomic mass is 10.2. The van der Waals surface area contributed by atoms with E-state index in [9.17, 15) is 9.59 Å². The van der Waals surface area contributed by atoms with Gasteiger partial charge in [-0.05, 0) is 43.5 Å². The molecule has 0 unspecified atom stereocenters. The zero-order chi connectivity index (χ0) is 18.5. The van der Waals surface area contributed by atoms with E-state index in [1.807, 2.05) is 13.8 Å². The SMILES string of the molecule is Cc1noc(C)c1COc1cccc(C(=O)NNC(=O)c2cccs2)c1. The van der Waals surface area contributed by atoms with Crippen LogP contribution in [0.15, 0.2) is 46.3 Å². The third-order valence-electron chi connectivity index (χ3n) is 3.70. The van der Waals surface area contributed by atoms with Crippen molar-refractivity contribution >= 4 is 23.2 Å². The Morgan fingerprint density at radius 2 is 1.96 bits per heavy atom. The minimum absolute atomic E-state index is 0.293. The number of aromatic nitrogens is 1. The molecule has 2 heterocycles. The summed E-state index contributed by atoms with van der Waals surface area (Å²) in [4.78, 5) is 24.6. The van der Waals surface area contributed by atoms with E-state index in [0.29, 0.717) is 28.6 Å². The fourth-order valence-corrected chi connectivity index (χ4v) is 2.86. The van der Waals surface area contributed by atoms with Gasteiger partial charge in [0.25, 0.3) is 11.8 Å². The number of amides is 2. The van der Waals surface area contributed by atoms with E-state index in [4.69, 9.17) is 9.26 Å². The van der Waals surface area contributed by atoms with Gasteiger partial charge < -0.3 is 9.26 Å². The van der Waals surface area contributed by atoms with Gasteiger partial charge in [-0.25, -0.2) is 0 Å². The molecule has 0 saturated carbocycles. The number of aryl methyl sites for hydroxylation is 2. The second kappa shape index (κ2) is 7.83. The molecule has 3 rings (SSSR count). The van der Waals surface area contributed by atoms with Crippen LogP contribution in [0, 0.1) is 13.8 Å². The van der Waals surface area contributed by atoms with E-state index in [-0.39, 0.29) is 5.91 Å². The third-order valence-corrected chi connectivity index (χ3v) is 4.56. The molecule has 0 atom stereocenters. The van der Waals surface area contributed by atoms with Gasteiger partial charge in [-0.15, -0.1) is 11.3 Å². The van der Waals surface area contributed by atoms with Crippen molar-refractivity contribution in [2.75, 3.05) is 0 Å². The summed E-state index contributed by atoms with van der Waals surface area (Å²) in [6.45, 7) is 3.95. The Balaban J connectivity index is 1.59. The molecule has 0 saturated heterocycles. The first kappa shape index (κ1) is 17.7. The average molecular weight is 371 g/mol. The smallest absolute Gasteiger partial charge is 0.279 e. The normalized spacial score (nSPS) is 10.4. The lowest BCUT2D eigenvalue weighted by molar-refractivity contribution is 0.0848. The molecule has 3 aromatic rings. The molecular weight excluding hydrogens is 354 g/mol. The van der Waals surface area contributed by atoms with Gasteiger partial charge >= 0.3 is 0 Å². The fraction of sp³-hybridized carbons (Fsp3) is 0.167. The lowest BCUT2D eigenvalue weighted by Crippen LogP contribution is -2.41. The topological polar surface area (TPSA) is 93.5 Å². The molecule has 134 valence electrons. The van der Waals surface area contributed by atoms with Crippen molar-refractivity contribution in [3.63, 3.8) is 0 Å². The van der Waals surface area contributed by atoms with E-state index in [1.165, 1.54) is 11.3 Å². The van der Waals surface area contributed by atoms with Gasteiger partial charge in [0.15, 0.2) is 0 Å². The first-order chi connectivity index (χ1) is 12.5. The summed E-state index contributed by atoms with van der Waals surface area (Å²) in [5.41, 5.74) is 6.79. The number of rotatable bonds is 5. The van der Waals surface area contributed by atoms with Crippen LogP contribution in [-0.4, -0.2) is 17.0 Å². The van der Waals surface area contributed by atoms with Crippen LogP contribution in [0.3, 0.4) is 0 Å². The highest BCUT2D eigenvalue weighted by molar-refractivity contribution is 7.12. The summed E-state index contributed by atoms with van der Waals surface area (Å²) >= 11 is 1.29. The summed E-state index contributed by atoms with van der Waals surface area (Å²) in [7, 11) is 0. The molecule has 0 spiro atoms. The summed E-state index contributed by atoms with van der Waals surface area (Å²) in [5.74, 6) is 0.437. The largest absolute Gasteiger partial charge is 0.489 e. The number of carbonyl (C=O) groups is 2. The Hall–Kier alpha value is -3.13.